The van der Waals surface area contributed by atoms with E-state index in [0.29, 0.717) is 32.9 Å². The molecule has 1 aliphatic rings. The van der Waals surface area contributed by atoms with Crippen molar-refractivity contribution >= 4 is 11.8 Å². The standard InChI is InChI=1S/C14H27N3O4/c1-3-5-15-12-10-21-9-11(12)14(19)17-6-4-13(18)16-7-8-20-2/h11-12,15H,3-10H2,1-2H3,(H,16,18)(H,17,19). The first-order chi connectivity index (χ1) is 10.2. The molecule has 0 radical (unpaired) electrons. The summed E-state index contributed by atoms with van der Waals surface area (Å²) in [5.41, 5.74) is 0. The Kier molecular flexibility index (Phi) is 8.96. The van der Waals surface area contributed by atoms with Gasteiger partial charge in [-0.2, -0.15) is 0 Å². The number of nitrogens with one attached hydrogen (secondary N) is 3. The predicted molar refractivity (Wildman–Crippen MR) is 78.9 cm³/mol. The maximum atomic E-state index is 12.1. The second-order valence-corrected chi connectivity index (χ2v) is 5.09. The number of hydrogen-bond acceptors (Lipinski definition) is 5. The Bertz CT molecular complexity index is 325. The Labute approximate surface area is 126 Å². The summed E-state index contributed by atoms with van der Waals surface area (Å²) in [4.78, 5) is 23.5. The minimum absolute atomic E-state index is 0.0502. The Balaban J connectivity index is 2.19. The molecule has 0 aromatic heterocycles. The average molecular weight is 301 g/mol. The Hall–Kier alpha value is -1.18. The van der Waals surface area contributed by atoms with Gasteiger partial charge in [0.15, 0.2) is 0 Å². The van der Waals surface area contributed by atoms with E-state index < -0.39 is 0 Å². The highest BCUT2D eigenvalue weighted by molar-refractivity contribution is 5.81. The predicted octanol–water partition coefficient (Wildman–Crippen LogP) is -0.730. The van der Waals surface area contributed by atoms with E-state index in [9.17, 15) is 9.59 Å². The SMILES string of the molecule is CCCNC1COCC1C(=O)NCCC(=O)NCCOC. The zero-order valence-corrected chi connectivity index (χ0v) is 12.9. The maximum absolute atomic E-state index is 12.1. The third kappa shape index (κ3) is 6.88. The van der Waals surface area contributed by atoms with Crippen LogP contribution in [0.4, 0.5) is 0 Å². The zero-order chi connectivity index (χ0) is 15.5. The first kappa shape index (κ1) is 17.9. The van der Waals surface area contributed by atoms with Crippen molar-refractivity contribution in [1.29, 1.82) is 0 Å². The van der Waals surface area contributed by atoms with E-state index >= 15 is 0 Å². The molecule has 0 bridgehead atoms. The van der Waals surface area contributed by atoms with Crippen molar-refractivity contribution in [1.82, 2.24) is 16.0 Å². The average Bonchev–Trinajstić information content (AvgIpc) is 2.93. The summed E-state index contributed by atoms with van der Waals surface area (Å²) in [6.45, 7) is 5.28. The number of hydrogen-bond donors (Lipinski definition) is 3. The molecule has 122 valence electrons. The number of ether oxygens (including phenoxy) is 2. The molecule has 0 aliphatic carbocycles. The fourth-order valence-corrected chi connectivity index (χ4v) is 2.15. The molecule has 21 heavy (non-hydrogen) atoms. The first-order valence-electron chi connectivity index (χ1n) is 7.53. The van der Waals surface area contributed by atoms with Crippen molar-refractivity contribution < 1.29 is 19.1 Å². The molecular formula is C14H27N3O4. The third-order valence-electron chi connectivity index (χ3n) is 3.35. The van der Waals surface area contributed by atoms with E-state index in [0.717, 1.165) is 13.0 Å². The van der Waals surface area contributed by atoms with Crippen LogP contribution in [-0.4, -0.2) is 64.4 Å². The van der Waals surface area contributed by atoms with Gasteiger partial charge in [0.2, 0.25) is 11.8 Å². The van der Waals surface area contributed by atoms with Gasteiger partial charge in [-0.25, -0.2) is 0 Å². The first-order valence-corrected chi connectivity index (χ1v) is 7.53. The van der Waals surface area contributed by atoms with E-state index in [1.54, 1.807) is 7.11 Å². The van der Waals surface area contributed by atoms with Gasteiger partial charge in [-0.1, -0.05) is 6.92 Å². The normalized spacial score (nSPS) is 21.2. The minimum atomic E-state index is -0.173. The maximum Gasteiger partial charge on any atom is 0.227 e. The van der Waals surface area contributed by atoms with Crippen LogP contribution in [0.25, 0.3) is 0 Å². The Morgan fingerprint density at radius 1 is 1.19 bits per heavy atom. The van der Waals surface area contributed by atoms with Gasteiger partial charge < -0.3 is 25.4 Å². The molecule has 7 nitrogen and oxygen atoms in total. The third-order valence-corrected chi connectivity index (χ3v) is 3.35. The molecule has 1 heterocycles. The van der Waals surface area contributed by atoms with Gasteiger partial charge in [0, 0.05) is 32.7 Å². The molecule has 2 amide bonds. The number of amides is 2. The molecule has 1 rings (SSSR count). The van der Waals surface area contributed by atoms with Crippen molar-refractivity contribution in [3.8, 4) is 0 Å². The van der Waals surface area contributed by atoms with Crippen LogP contribution < -0.4 is 16.0 Å². The molecule has 2 unspecified atom stereocenters. The van der Waals surface area contributed by atoms with Crippen molar-refractivity contribution in [2.24, 2.45) is 5.92 Å². The van der Waals surface area contributed by atoms with E-state index in [1.165, 1.54) is 0 Å². The summed E-state index contributed by atoms with van der Waals surface area (Å²) >= 11 is 0. The summed E-state index contributed by atoms with van der Waals surface area (Å²) in [5, 5.41) is 8.83. The van der Waals surface area contributed by atoms with Gasteiger partial charge in [-0.05, 0) is 13.0 Å². The topological polar surface area (TPSA) is 88.7 Å². The highest BCUT2D eigenvalue weighted by atomic mass is 16.5. The van der Waals surface area contributed by atoms with Crippen LogP contribution in [0.5, 0.6) is 0 Å². The van der Waals surface area contributed by atoms with Gasteiger partial charge in [0.05, 0.1) is 25.7 Å². The van der Waals surface area contributed by atoms with Crippen LogP contribution in [0.3, 0.4) is 0 Å². The summed E-state index contributed by atoms with van der Waals surface area (Å²) in [6.07, 6.45) is 1.29. The molecule has 7 heteroatoms. The van der Waals surface area contributed by atoms with Crippen LogP contribution in [0.2, 0.25) is 0 Å². The minimum Gasteiger partial charge on any atom is -0.383 e. The van der Waals surface area contributed by atoms with Crippen LogP contribution >= 0.6 is 0 Å². The fraction of sp³-hybridized carbons (Fsp3) is 0.857. The van der Waals surface area contributed by atoms with Crippen LogP contribution in [0.15, 0.2) is 0 Å². The number of carbonyl (C=O) groups is 2. The largest absolute Gasteiger partial charge is 0.383 e. The number of methoxy groups -OCH3 is 1. The van der Waals surface area contributed by atoms with Crippen molar-refractivity contribution in [3.63, 3.8) is 0 Å². The summed E-state index contributed by atoms with van der Waals surface area (Å²) in [7, 11) is 1.58. The molecular weight excluding hydrogens is 274 g/mol. The second-order valence-electron chi connectivity index (χ2n) is 5.09. The molecule has 1 aliphatic heterocycles. The summed E-state index contributed by atoms with van der Waals surface area (Å²) in [5.74, 6) is -0.311. The highest BCUT2D eigenvalue weighted by Gasteiger charge is 2.33. The van der Waals surface area contributed by atoms with Gasteiger partial charge in [0.25, 0.3) is 0 Å². The van der Waals surface area contributed by atoms with Gasteiger partial charge in [-0.15, -0.1) is 0 Å². The lowest BCUT2D eigenvalue weighted by Crippen LogP contribution is -2.44. The zero-order valence-electron chi connectivity index (χ0n) is 12.9. The van der Waals surface area contributed by atoms with Gasteiger partial charge in [0.1, 0.15) is 0 Å². The van der Waals surface area contributed by atoms with Crippen LogP contribution in [0, 0.1) is 5.92 Å². The van der Waals surface area contributed by atoms with E-state index in [1.807, 2.05) is 0 Å². The monoisotopic (exact) mass is 301 g/mol. The summed E-state index contributed by atoms with van der Waals surface area (Å²) in [6, 6.07) is 0.0699. The van der Waals surface area contributed by atoms with E-state index in [2.05, 4.69) is 22.9 Å². The van der Waals surface area contributed by atoms with Crippen molar-refractivity contribution in [3.05, 3.63) is 0 Å². The Morgan fingerprint density at radius 3 is 2.71 bits per heavy atom. The number of rotatable bonds is 10. The number of carbonyl (C=O) groups excluding carboxylic acids is 2. The van der Waals surface area contributed by atoms with E-state index in [4.69, 9.17) is 9.47 Å². The van der Waals surface area contributed by atoms with Crippen molar-refractivity contribution in [2.45, 2.75) is 25.8 Å². The lowest BCUT2D eigenvalue weighted by Gasteiger charge is -2.18. The molecule has 0 aromatic rings. The summed E-state index contributed by atoms with van der Waals surface area (Å²) < 4.78 is 10.2. The lowest BCUT2D eigenvalue weighted by atomic mass is 10.0. The highest BCUT2D eigenvalue weighted by Crippen LogP contribution is 2.13. The molecule has 2 atom stereocenters. The quantitative estimate of drug-likeness (QED) is 0.463. The van der Waals surface area contributed by atoms with Crippen LogP contribution in [0.1, 0.15) is 19.8 Å². The van der Waals surface area contributed by atoms with Gasteiger partial charge in [-0.3, -0.25) is 9.59 Å². The Morgan fingerprint density at radius 2 is 2.00 bits per heavy atom. The lowest BCUT2D eigenvalue weighted by molar-refractivity contribution is -0.125. The smallest absolute Gasteiger partial charge is 0.227 e. The fourth-order valence-electron chi connectivity index (χ4n) is 2.15. The molecule has 0 saturated carbocycles. The van der Waals surface area contributed by atoms with Crippen molar-refractivity contribution in [2.75, 3.05) is 46.6 Å². The molecule has 0 spiro atoms. The van der Waals surface area contributed by atoms with Crippen LogP contribution in [-0.2, 0) is 19.1 Å². The second kappa shape index (κ2) is 10.5. The van der Waals surface area contributed by atoms with Gasteiger partial charge >= 0.3 is 0 Å². The molecule has 1 fully saturated rings. The molecule has 3 N–H and O–H groups in total. The molecule has 1 saturated heterocycles. The molecule has 0 aromatic carbocycles. The van der Waals surface area contributed by atoms with E-state index in [-0.39, 0.29) is 30.2 Å².